The van der Waals surface area contributed by atoms with Crippen molar-refractivity contribution in [3.05, 3.63) is 90.0 Å². The molecule has 3 aromatic carbocycles. The van der Waals surface area contributed by atoms with Crippen LogP contribution in [0.4, 0.5) is 23.7 Å². The summed E-state index contributed by atoms with van der Waals surface area (Å²) in [6.07, 6.45) is -2.63. The molecule has 1 saturated heterocycles. The van der Waals surface area contributed by atoms with Crippen LogP contribution >= 0.6 is 0 Å². The van der Waals surface area contributed by atoms with Crippen LogP contribution in [-0.2, 0) is 10.2 Å². The van der Waals surface area contributed by atoms with E-state index in [1.165, 1.54) is 0 Å². The van der Waals surface area contributed by atoms with Gasteiger partial charge in [-0.15, -0.1) is 0 Å². The molecule has 1 heterocycles. The van der Waals surface area contributed by atoms with Gasteiger partial charge in [-0.25, -0.2) is 4.79 Å². The second kappa shape index (κ2) is 11.9. The Morgan fingerprint density at radius 3 is 1.98 bits per heavy atom. The van der Waals surface area contributed by atoms with Crippen LogP contribution in [0.5, 0.6) is 0 Å². The fourth-order valence-corrected chi connectivity index (χ4v) is 6.15. The Hall–Kier alpha value is -3.85. The number of rotatable bonds is 8. The number of piperazine rings is 1. The molecule has 1 aliphatic heterocycles. The molecule has 41 heavy (non-hydrogen) atoms. The van der Waals surface area contributed by atoms with Crippen LogP contribution < -0.4 is 10.2 Å². The van der Waals surface area contributed by atoms with Gasteiger partial charge in [-0.1, -0.05) is 73.2 Å². The normalized spacial score (nSPS) is 16.1. The summed E-state index contributed by atoms with van der Waals surface area (Å²) in [6, 6.07) is 24.6. The standard InChI is InChI=1S/C32H35F3N4O2/c1-37(24-11-3-2-4-12-24)30(41)39-21-19-38(20-22-39)18-10-9-17-31(29(40)36-23-32(33,34)35)27-15-7-5-13-25(27)26-14-6-8-16-28(26)31/h2-8,11-16H,9-10,17-23H2,1H3,(H,36,40). The van der Waals surface area contributed by atoms with Crippen molar-refractivity contribution < 1.29 is 22.8 Å². The number of hydrogen-bond acceptors (Lipinski definition) is 3. The van der Waals surface area contributed by atoms with Crippen molar-refractivity contribution in [2.45, 2.75) is 30.9 Å². The largest absolute Gasteiger partial charge is 0.405 e. The molecule has 3 amide bonds. The second-order valence-electron chi connectivity index (χ2n) is 10.8. The van der Waals surface area contributed by atoms with Gasteiger partial charge in [0, 0.05) is 38.9 Å². The number of nitrogens with zero attached hydrogens (tertiary/aromatic N) is 3. The number of anilines is 1. The number of hydrogen-bond donors (Lipinski definition) is 1. The molecule has 5 rings (SSSR count). The van der Waals surface area contributed by atoms with E-state index in [1.807, 2.05) is 83.8 Å². The molecule has 2 aliphatic rings. The number of benzene rings is 3. The highest BCUT2D eigenvalue weighted by Crippen LogP contribution is 2.51. The molecular formula is C32H35F3N4O2. The van der Waals surface area contributed by atoms with E-state index in [0.29, 0.717) is 25.9 Å². The van der Waals surface area contributed by atoms with Crippen LogP contribution in [0.3, 0.4) is 0 Å². The Balaban J connectivity index is 1.22. The van der Waals surface area contributed by atoms with E-state index in [0.717, 1.165) is 54.0 Å². The number of alkyl halides is 3. The third kappa shape index (κ3) is 5.95. The van der Waals surface area contributed by atoms with Gasteiger partial charge >= 0.3 is 12.2 Å². The molecule has 0 aromatic heterocycles. The highest BCUT2D eigenvalue weighted by atomic mass is 19.4. The van der Waals surface area contributed by atoms with Gasteiger partial charge < -0.3 is 10.2 Å². The lowest BCUT2D eigenvalue weighted by atomic mass is 9.73. The van der Waals surface area contributed by atoms with Crippen LogP contribution in [0.1, 0.15) is 30.4 Å². The maximum atomic E-state index is 13.6. The average Bonchev–Trinajstić information content (AvgIpc) is 3.28. The SMILES string of the molecule is CN(C(=O)N1CCN(CCCCC2(C(=O)NCC(F)(F)F)c3ccccc3-c3ccccc32)CC1)c1ccccc1. The molecule has 1 N–H and O–H groups in total. The predicted molar refractivity (Wildman–Crippen MR) is 154 cm³/mol. The van der Waals surface area contributed by atoms with E-state index in [1.54, 1.807) is 11.9 Å². The summed E-state index contributed by atoms with van der Waals surface area (Å²) >= 11 is 0. The summed E-state index contributed by atoms with van der Waals surface area (Å²) < 4.78 is 39.3. The minimum Gasteiger partial charge on any atom is -0.346 e. The van der Waals surface area contributed by atoms with E-state index >= 15 is 0 Å². The number of unbranched alkanes of at least 4 members (excludes halogenated alkanes) is 1. The van der Waals surface area contributed by atoms with Crippen LogP contribution in [0.15, 0.2) is 78.9 Å². The molecule has 1 fully saturated rings. The van der Waals surface area contributed by atoms with Crippen molar-refractivity contribution in [1.29, 1.82) is 0 Å². The number of urea groups is 1. The van der Waals surface area contributed by atoms with Crippen LogP contribution in [0, 0.1) is 0 Å². The van der Waals surface area contributed by atoms with Crippen molar-refractivity contribution in [1.82, 2.24) is 15.1 Å². The summed E-state index contributed by atoms with van der Waals surface area (Å²) in [4.78, 5) is 32.4. The lowest BCUT2D eigenvalue weighted by Crippen LogP contribution is -2.52. The molecule has 0 saturated carbocycles. The summed E-state index contributed by atoms with van der Waals surface area (Å²) in [6.45, 7) is 2.18. The van der Waals surface area contributed by atoms with Crippen molar-refractivity contribution in [3.8, 4) is 11.1 Å². The van der Waals surface area contributed by atoms with E-state index in [9.17, 15) is 22.8 Å². The molecule has 216 valence electrons. The zero-order valence-electron chi connectivity index (χ0n) is 23.2. The van der Waals surface area contributed by atoms with E-state index < -0.39 is 24.0 Å². The van der Waals surface area contributed by atoms with Gasteiger partial charge in [0.05, 0.1) is 0 Å². The first-order chi connectivity index (χ1) is 19.7. The van der Waals surface area contributed by atoms with Crippen molar-refractivity contribution in [2.24, 2.45) is 0 Å². The molecule has 1 aliphatic carbocycles. The smallest absolute Gasteiger partial charge is 0.346 e. The third-order valence-electron chi connectivity index (χ3n) is 8.25. The second-order valence-corrected chi connectivity index (χ2v) is 10.8. The maximum Gasteiger partial charge on any atom is 0.405 e. The van der Waals surface area contributed by atoms with Gasteiger partial charge in [0.2, 0.25) is 5.91 Å². The quantitative estimate of drug-likeness (QED) is 0.359. The molecular weight excluding hydrogens is 529 g/mol. The number of para-hydroxylation sites is 1. The van der Waals surface area contributed by atoms with Gasteiger partial charge in [-0.05, 0) is 53.8 Å². The highest BCUT2D eigenvalue weighted by Gasteiger charge is 2.49. The van der Waals surface area contributed by atoms with Gasteiger partial charge in [0.25, 0.3) is 0 Å². The first-order valence-electron chi connectivity index (χ1n) is 14.1. The lowest BCUT2D eigenvalue weighted by molar-refractivity contribution is -0.141. The number of carbonyl (C=O) groups excluding carboxylic acids is 2. The number of halogens is 3. The maximum absolute atomic E-state index is 13.6. The molecule has 9 heteroatoms. The Labute approximate surface area is 238 Å². The van der Waals surface area contributed by atoms with Crippen molar-refractivity contribution in [3.63, 3.8) is 0 Å². The Morgan fingerprint density at radius 1 is 0.829 bits per heavy atom. The van der Waals surface area contributed by atoms with Gasteiger partial charge in [0.15, 0.2) is 0 Å². The van der Waals surface area contributed by atoms with Crippen molar-refractivity contribution in [2.75, 3.05) is 51.2 Å². The van der Waals surface area contributed by atoms with Crippen LogP contribution in [-0.4, -0.2) is 74.2 Å². The molecule has 0 spiro atoms. The fourth-order valence-electron chi connectivity index (χ4n) is 6.15. The first-order valence-corrected chi connectivity index (χ1v) is 14.1. The zero-order valence-corrected chi connectivity index (χ0v) is 23.2. The molecule has 6 nitrogen and oxygen atoms in total. The van der Waals surface area contributed by atoms with Crippen LogP contribution in [0.25, 0.3) is 11.1 Å². The number of nitrogens with one attached hydrogen (secondary N) is 1. The Kier molecular flexibility index (Phi) is 8.35. The Bertz CT molecular complexity index is 1330. The summed E-state index contributed by atoms with van der Waals surface area (Å²) in [5.74, 6) is -0.609. The summed E-state index contributed by atoms with van der Waals surface area (Å²) in [7, 11) is 1.78. The van der Waals surface area contributed by atoms with Crippen LogP contribution in [0.2, 0.25) is 0 Å². The first kappa shape index (κ1) is 28.7. The fraction of sp³-hybridized carbons (Fsp3) is 0.375. The van der Waals surface area contributed by atoms with Gasteiger partial charge in [0.1, 0.15) is 12.0 Å². The average molecular weight is 565 g/mol. The lowest BCUT2D eigenvalue weighted by Gasteiger charge is -2.37. The summed E-state index contributed by atoms with van der Waals surface area (Å²) in [5.41, 5.74) is 2.98. The zero-order chi connectivity index (χ0) is 29.0. The number of fused-ring (bicyclic) bond motifs is 3. The number of amides is 3. The molecule has 0 radical (unpaired) electrons. The molecule has 3 aromatic rings. The van der Waals surface area contributed by atoms with Crippen molar-refractivity contribution >= 4 is 17.6 Å². The highest BCUT2D eigenvalue weighted by molar-refractivity contribution is 6.00. The minimum atomic E-state index is -4.49. The summed E-state index contributed by atoms with van der Waals surface area (Å²) in [5, 5.41) is 2.20. The van der Waals surface area contributed by atoms with E-state index in [-0.39, 0.29) is 6.03 Å². The van der Waals surface area contributed by atoms with Gasteiger partial charge in [-0.2, -0.15) is 13.2 Å². The minimum absolute atomic E-state index is 0.0266. The monoisotopic (exact) mass is 564 g/mol. The Morgan fingerprint density at radius 2 is 1.39 bits per heavy atom. The molecule has 0 unspecified atom stereocenters. The van der Waals surface area contributed by atoms with E-state index in [4.69, 9.17) is 0 Å². The van der Waals surface area contributed by atoms with Gasteiger partial charge in [-0.3, -0.25) is 14.6 Å². The van der Waals surface area contributed by atoms with E-state index in [2.05, 4.69) is 10.2 Å². The molecule has 0 bridgehead atoms. The third-order valence-corrected chi connectivity index (χ3v) is 8.25. The molecule has 0 atom stereocenters. The number of carbonyl (C=O) groups is 2. The topological polar surface area (TPSA) is 55.9 Å². The predicted octanol–water partition coefficient (Wildman–Crippen LogP) is 5.68.